The van der Waals surface area contributed by atoms with Crippen LogP contribution in [0.3, 0.4) is 0 Å². The number of rotatable bonds is 9. The molecule has 3 rings (SSSR count). The van der Waals surface area contributed by atoms with Crippen molar-refractivity contribution in [1.29, 1.82) is 0 Å². The monoisotopic (exact) mass is 384 g/mol. The van der Waals surface area contributed by atoms with Crippen LogP contribution in [-0.2, 0) is 6.42 Å². The molecule has 136 valence electrons. The molecule has 0 radical (unpaired) electrons. The third-order valence-corrected chi connectivity index (χ3v) is 5.18. The number of benzene rings is 1. The lowest BCUT2D eigenvalue weighted by Crippen LogP contribution is -2.03. The van der Waals surface area contributed by atoms with Crippen molar-refractivity contribution in [3.63, 3.8) is 0 Å². The van der Waals surface area contributed by atoms with E-state index in [4.69, 9.17) is 18.0 Å². The average molecular weight is 385 g/mol. The average Bonchev–Trinajstić information content (AvgIpc) is 3.07. The summed E-state index contributed by atoms with van der Waals surface area (Å²) in [5, 5.41) is 6.05. The number of unbranched alkanes of at least 4 members (excludes halogenated alkanes) is 3. The number of aromatic amines is 1. The molecule has 4 N–H and O–H groups in total. The smallest absolute Gasteiger partial charge is 0.180 e. The van der Waals surface area contributed by atoms with Gasteiger partial charge in [-0.05, 0) is 37.0 Å². The summed E-state index contributed by atoms with van der Waals surface area (Å²) < 4.78 is 0.760. The molecule has 0 saturated carbocycles. The van der Waals surface area contributed by atoms with Crippen LogP contribution in [0.2, 0.25) is 0 Å². The molecule has 0 aliphatic carbocycles. The minimum absolute atomic E-state index is 0.626. The number of pyridine rings is 1. The van der Waals surface area contributed by atoms with Gasteiger partial charge in [-0.3, -0.25) is 0 Å². The second-order valence-corrected chi connectivity index (χ2v) is 7.58. The van der Waals surface area contributed by atoms with E-state index in [1.54, 1.807) is 0 Å². The quantitative estimate of drug-likeness (QED) is 0.329. The molecule has 0 aliphatic rings. The molecular weight excluding hydrogens is 360 g/mol. The van der Waals surface area contributed by atoms with E-state index in [2.05, 4.69) is 39.6 Å². The molecule has 0 saturated heterocycles. The Labute approximate surface area is 163 Å². The molecule has 0 unspecified atom stereocenters. The van der Waals surface area contributed by atoms with E-state index in [1.165, 1.54) is 41.7 Å². The number of aromatic nitrogens is 2. The summed E-state index contributed by atoms with van der Waals surface area (Å²) in [6.07, 6.45) is 5.85. The first-order chi connectivity index (χ1) is 12.7. The fourth-order valence-electron chi connectivity index (χ4n) is 2.97. The van der Waals surface area contributed by atoms with Gasteiger partial charge in [0.2, 0.25) is 0 Å². The predicted molar refractivity (Wildman–Crippen MR) is 114 cm³/mol. The molecule has 1 aromatic carbocycles. The van der Waals surface area contributed by atoms with Gasteiger partial charge in [-0.25, -0.2) is 4.98 Å². The highest BCUT2D eigenvalue weighted by Crippen LogP contribution is 2.27. The van der Waals surface area contributed by atoms with Crippen LogP contribution in [0.25, 0.3) is 11.3 Å². The number of anilines is 2. The first-order valence-electron chi connectivity index (χ1n) is 8.95. The van der Waals surface area contributed by atoms with Gasteiger partial charge < -0.3 is 16.0 Å². The summed E-state index contributed by atoms with van der Waals surface area (Å²) in [6.45, 7) is 0.962. The number of aryl methyl sites for hydroxylation is 1. The zero-order chi connectivity index (χ0) is 18.2. The second-order valence-electron chi connectivity index (χ2n) is 6.25. The van der Waals surface area contributed by atoms with Crippen molar-refractivity contribution in [3.8, 4) is 11.3 Å². The highest BCUT2D eigenvalue weighted by Gasteiger charge is 2.07. The topological polar surface area (TPSA) is 66.7 Å². The van der Waals surface area contributed by atoms with Gasteiger partial charge in [0.05, 0.1) is 5.69 Å². The van der Waals surface area contributed by atoms with Gasteiger partial charge in [-0.2, -0.15) is 0 Å². The Hall–Kier alpha value is -2.18. The molecule has 0 atom stereocenters. The lowest BCUT2D eigenvalue weighted by Gasteiger charge is -2.08. The van der Waals surface area contributed by atoms with Crippen LogP contribution in [0.5, 0.6) is 0 Å². The highest BCUT2D eigenvalue weighted by atomic mass is 32.1. The Kier molecular flexibility index (Phi) is 6.80. The third kappa shape index (κ3) is 5.41. The lowest BCUT2D eigenvalue weighted by atomic mass is 9.99. The maximum Gasteiger partial charge on any atom is 0.180 e. The van der Waals surface area contributed by atoms with E-state index >= 15 is 0 Å². The number of nitrogen functional groups attached to an aromatic ring is 1. The van der Waals surface area contributed by atoms with Gasteiger partial charge in [-0.15, -0.1) is 11.3 Å². The molecule has 2 aromatic heterocycles. The Balaban J connectivity index is 1.40. The number of thiazole rings is 1. The van der Waals surface area contributed by atoms with Crippen LogP contribution in [0.1, 0.15) is 31.2 Å². The van der Waals surface area contributed by atoms with Gasteiger partial charge in [0.15, 0.2) is 5.13 Å². The fraction of sp³-hybridized carbons (Fsp3) is 0.300. The van der Waals surface area contributed by atoms with Crippen molar-refractivity contribution in [1.82, 2.24) is 9.97 Å². The van der Waals surface area contributed by atoms with E-state index in [1.807, 2.05) is 23.6 Å². The molecule has 2 heterocycles. The molecule has 0 aliphatic heterocycles. The van der Waals surface area contributed by atoms with Gasteiger partial charge in [0, 0.05) is 17.5 Å². The van der Waals surface area contributed by atoms with Crippen LogP contribution in [0, 0.1) is 4.64 Å². The molecule has 0 fully saturated rings. The molecule has 6 heteroatoms. The van der Waals surface area contributed by atoms with Crippen molar-refractivity contribution < 1.29 is 0 Å². The van der Waals surface area contributed by atoms with E-state index in [0.717, 1.165) is 35.5 Å². The number of hydrogen-bond donors (Lipinski definition) is 3. The molecular formula is C20H24N4S2. The summed E-state index contributed by atoms with van der Waals surface area (Å²) >= 11 is 6.62. The zero-order valence-electron chi connectivity index (χ0n) is 14.7. The molecule has 0 spiro atoms. The Morgan fingerprint density at radius 2 is 1.88 bits per heavy atom. The van der Waals surface area contributed by atoms with Crippen LogP contribution < -0.4 is 11.1 Å². The Bertz CT molecular complexity index is 885. The number of nitrogens with zero attached hydrogens (tertiary/aromatic N) is 1. The minimum atomic E-state index is 0.626. The minimum Gasteiger partial charge on any atom is -0.375 e. The summed E-state index contributed by atoms with van der Waals surface area (Å²) in [6, 6.07) is 14.4. The molecule has 3 aromatic rings. The van der Waals surface area contributed by atoms with Gasteiger partial charge >= 0.3 is 0 Å². The first kappa shape index (κ1) is 18.6. The molecule has 4 nitrogen and oxygen atoms in total. The highest BCUT2D eigenvalue weighted by molar-refractivity contribution is 7.71. The fourth-order valence-corrected chi connectivity index (χ4v) is 3.72. The van der Waals surface area contributed by atoms with Crippen LogP contribution >= 0.6 is 23.6 Å². The Morgan fingerprint density at radius 1 is 1.04 bits per heavy atom. The maximum atomic E-state index is 5.78. The maximum absolute atomic E-state index is 5.78. The second kappa shape index (κ2) is 9.50. The van der Waals surface area contributed by atoms with E-state index in [9.17, 15) is 0 Å². The SMILES string of the molecule is Nc1nc(-c2ccccc2CCCCCCNc2cccc(=S)[nH]2)cs1. The van der Waals surface area contributed by atoms with Crippen LogP contribution in [0.4, 0.5) is 10.9 Å². The van der Waals surface area contributed by atoms with Gasteiger partial charge in [0.25, 0.3) is 0 Å². The normalized spacial score (nSPS) is 10.8. The molecule has 26 heavy (non-hydrogen) atoms. The third-order valence-electron chi connectivity index (χ3n) is 4.27. The van der Waals surface area contributed by atoms with Crippen molar-refractivity contribution in [2.45, 2.75) is 32.1 Å². The number of nitrogens with one attached hydrogen (secondary N) is 2. The zero-order valence-corrected chi connectivity index (χ0v) is 16.3. The summed E-state index contributed by atoms with van der Waals surface area (Å²) in [4.78, 5) is 7.57. The van der Waals surface area contributed by atoms with Crippen molar-refractivity contribution in [3.05, 3.63) is 58.0 Å². The van der Waals surface area contributed by atoms with Crippen molar-refractivity contribution in [2.75, 3.05) is 17.6 Å². The van der Waals surface area contributed by atoms with Gasteiger partial charge in [0.1, 0.15) is 10.5 Å². The van der Waals surface area contributed by atoms with Crippen molar-refractivity contribution in [2.24, 2.45) is 0 Å². The van der Waals surface area contributed by atoms with Crippen LogP contribution in [0.15, 0.2) is 47.8 Å². The number of H-pyrrole nitrogens is 1. The lowest BCUT2D eigenvalue weighted by molar-refractivity contribution is 0.654. The summed E-state index contributed by atoms with van der Waals surface area (Å²) in [7, 11) is 0. The van der Waals surface area contributed by atoms with E-state index < -0.39 is 0 Å². The largest absolute Gasteiger partial charge is 0.375 e. The number of nitrogens with two attached hydrogens (primary N) is 1. The van der Waals surface area contributed by atoms with Crippen molar-refractivity contribution >= 4 is 34.5 Å². The van der Waals surface area contributed by atoms with Crippen LogP contribution in [-0.4, -0.2) is 16.5 Å². The summed E-state index contributed by atoms with van der Waals surface area (Å²) in [5.74, 6) is 0.994. The summed E-state index contributed by atoms with van der Waals surface area (Å²) in [5.41, 5.74) is 9.34. The van der Waals surface area contributed by atoms with Gasteiger partial charge in [-0.1, -0.05) is 55.4 Å². The molecule has 0 bridgehead atoms. The molecule has 0 amide bonds. The van der Waals surface area contributed by atoms with E-state index in [-0.39, 0.29) is 0 Å². The number of hydrogen-bond acceptors (Lipinski definition) is 5. The standard InChI is InChI=1S/C20H24N4S2/c21-20-23-17(14-26-20)16-10-5-4-9-15(16)8-3-1-2-6-13-22-18-11-7-12-19(25)24-18/h4-5,7,9-12,14H,1-3,6,8,13H2,(H2,21,23)(H2,22,24,25). The predicted octanol–water partition coefficient (Wildman–Crippen LogP) is 5.66. The van der Waals surface area contributed by atoms with E-state index in [0.29, 0.717) is 5.13 Å². The first-order valence-corrected chi connectivity index (χ1v) is 10.2. The Morgan fingerprint density at radius 3 is 2.69 bits per heavy atom.